The van der Waals surface area contributed by atoms with Gasteiger partial charge in [0.05, 0.1) is 16.1 Å². The highest BCUT2D eigenvalue weighted by Crippen LogP contribution is 2.22. The molecule has 0 atom stereocenters. The molecule has 14 heavy (non-hydrogen) atoms. The molecule has 0 unspecified atom stereocenters. The number of benzene rings is 1. The van der Waals surface area contributed by atoms with E-state index in [4.69, 9.17) is 27.7 Å². The molecule has 0 amide bonds. The minimum Gasteiger partial charge on any atom is -0.478 e. The third kappa shape index (κ3) is 1.84. The Hall–Kier alpha value is -1.57. The van der Waals surface area contributed by atoms with Gasteiger partial charge in [-0.2, -0.15) is 5.26 Å². The Kier molecular flexibility index (Phi) is 3.07. The van der Waals surface area contributed by atoms with Gasteiger partial charge in [-0.25, -0.2) is 4.79 Å². The van der Waals surface area contributed by atoms with Crippen LogP contribution in [0.25, 0.3) is 0 Å². The zero-order valence-electron chi connectivity index (χ0n) is 7.12. The van der Waals surface area contributed by atoms with E-state index in [-0.39, 0.29) is 22.7 Å². The molecule has 0 saturated heterocycles. The summed E-state index contributed by atoms with van der Waals surface area (Å²) in [4.78, 5) is 10.7. The lowest BCUT2D eigenvalue weighted by Crippen LogP contribution is -2.04. The number of hydrogen-bond acceptors (Lipinski definition) is 3. The van der Waals surface area contributed by atoms with Crippen LogP contribution in [0.1, 0.15) is 21.5 Å². The molecule has 3 N–H and O–H groups in total. The molecule has 0 aliphatic heterocycles. The van der Waals surface area contributed by atoms with Crippen molar-refractivity contribution in [2.45, 2.75) is 6.54 Å². The number of carboxylic acid groups (broad SMARTS) is 1. The molecule has 1 rings (SSSR count). The summed E-state index contributed by atoms with van der Waals surface area (Å²) in [5.74, 6) is -1.21. The fourth-order valence-electron chi connectivity index (χ4n) is 1.09. The molecule has 0 spiro atoms. The van der Waals surface area contributed by atoms with Crippen LogP contribution >= 0.6 is 11.6 Å². The van der Waals surface area contributed by atoms with Crippen molar-refractivity contribution in [3.8, 4) is 6.07 Å². The Bertz CT molecular complexity index is 424. The van der Waals surface area contributed by atoms with Gasteiger partial charge in [0.1, 0.15) is 6.07 Å². The zero-order valence-corrected chi connectivity index (χ0v) is 7.88. The summed E-state index contributed by atoms with van der Waals surface area (Å²) in [6.45, 7) is 0.217. The van der Waals surface area contributed by atoms with Crippen molar-refractivity contribution in [3.05, 3.63) is 33.8 Å². The zero-order chi connectivity index (χ0) is 10.7. The Labute approximate surface area is 85.5 Å². The number of nitrogens with zero attached hydrogens (tertiary/aromatic N) is 1. The standard InChI is InChI=1S/C9H7ClN2O2/c10-7-2-5(3-11)1-6(4-12)8(7)9(13)14/h1-2H,3,11H2,(H,13,14). The second kappa shape index (κ2) is 4.09. The largest absolute Gasteiger partial charge is 0.478 e. The van der Waals surface area contributed by atoms with Crippen LogP contribution in [-0.4, -0.2) is 11.1 Å². The second-order valence-electron chi connectivity index (χ2n) is 2.62. The van der Waals surface area contributed by atoms with Crippen LogP contribution < -0.4 is 5.73 Å². The molecule has 0 aromatic heterocycles. The van der Waals surface area contributed by atoms with Gasteiger partial charge in [-0.3, -0.25) is 0 Å². The summed E-state index contributed by atoms with van der Waals surface area (Å²) in [6, 6.07) is 4.65. The molecule has 0 aliphatic rings. The van der Waals surface area contributed by atoms with Crippen molar-refractivity contribution in [3.63, 3.8) is 0 Å². The Morgan fingerprint density at radius 3 is 2.71 bits per heavy atom. The number of aromatic carboxylic acids is 1. The topological polar surface area (TPSA) is 87.1 Å². The summed E-state index contributed by atoms with van der Waals surface area (Å²) >= 11 is 5.70. The van der Waals surface area contributed by atoms with Gasteiger partial charge < -0.3 is 10.8 Å². The summed E-state index contributed by atoms with van der Waals surface area (Å²) < 4.78 is 0. The molecule has 0 heterocycles. The van der Waals surface area contributed by atoms with E-state index in [2.05, 4.69) is 0 Å². The van der Waals surface area contributed by atoms with Gasteiger partial charge >= 0.3 is 5.97 Å². The molecule has 0 aliphatic carbocycles. The van der Waals surface area contributed by atoms with Crippen LogP contribution in [0.3, 0.4) is 0 Å². The Morgan fingerprint density at radius 1 is 1.64 bits per heavy atom. The van der Waals surface area contributed by atoms with E-state index < -0.39 is 5.97 Å². The number of rotatable bonds is 2. The van der Waals surface area contributed by atoms with E-state index in [1.807, 2.05) is 0 Å². The molecular weight excluding hydrogens is 204 g/mol. The lowest BCUT2D eigenvalue weighted by atomic mass is 10.0. The monoisotopic (exact) mass is 210 g/mol. The van der Waals surface area contributed by atoms with E-state index in [1.165, 1.54) is 12.1 Å². The quantitative estimate of drug-likeness (QED) is 0.772. The molecule has 5 heteroatoms. The van der Waals surface area contributed by atoms with Crippen LogP contribution in [0.15, 0.2) is 12.1 Å². The summed E-state index contributed by atoms with van der Waals surface area (Å²) in [6.07, 6.45) is 0. The smallest absolute Gasteiger partial charge is 0.338 e. The fraction of sp³-hybridized carbons (Fsp3) is 0.111. The first-order valence-corrected chi connectivity index (χ1v) is 4.13. The predicted molar refractivity (Wildman–Crippen MR) is 51.0 cm³/mol. The Morgan fingerprint density at radius 2 is 2.29 bits per heavy atom. The highest BCUT2D eigenvalue weighted by Gasteiger charge is 2.15. The van der Waals surface area contributed by atoms with Crippen molar-refractivity contribution in [2.75, 3.05) is 0 Å². The van der Waals surface area contributed by atoms with Gasteiger partial charge in [0.15, 0.2) is 0 Å². The van der Waals surface area contributed by atoms with Crippen molar-refractivity contribution >= 4 is 17.6 Å². The van der Waals surface area contributed by atoms with Gasteiger partial charge in [0.25, 0.3) is 0 Å². The SMILES string of the molecule is N#Cc1cc(CN)cc(Cl)c1C(=O)O. The maximum Gasteiger partial charge on any atom is 0.338 e. The molecule has 0 fully saturated rings. The molecule has 4 nitrogen and oxygen atoms in total. The average Bonchev–Trinajstić information content (AvgIpc) is 2.15. The lowest BCUT2D eigenvalue weighted by molar-refractivity contribution is 0.0697. The van der Waals surface area contributed by atoms with E-state index in [1.54, 1.807) is 6.07 Å². The normalized spacial score (nSPS) is 9.50. The Balaban J connectivity index is 3.44. The number of halogens is 1. The molecule has 1 aromatic rings. The van der Waals surface area contributed by atoms with Gasteiger partial charge in [0.2, 0.25) is 0 Å². The number of nitrogens with two attached hydrogens (primary N) is 1. The van der Waals surface area contributed by atoms with E-state index in [0.29, 0.717) is 5.56 Å². The van der Waals surface area contributed by atoms with Crippen molar-refractivity contribution in [1.82, 2.24) is 0 Å². The van der Waals surface area contributed by atoms with Gasteiger partial charge in [-0.1, -0.05) is 11.6 Å². The second-order valence-corrected chi connectivity index (χ2v) is 3.03. The summed E-state index contributed by atoms with van der Waals surface area (Å²) in [5, 5.41) is 17.5. The first-order valence-electron chi connectivity index (χ1n) is 3.76. The number of carboxylic acids is 1. The van der Waals surface area contributed by atoms with E-state index in [0.717, 1.165) is 0 Å². The number of hydrogen-bond donors (Lipinski definition) is 2. The molecule has 1 aromatic carbocycles. The van der Waals surface area contributed by atoms with Gasteiger partial charge in [-0.15, -0.1) is 0 Å². The van der Waals surface area contributed by atoms with Crippen LogP contribution in [-0.2, 0) is 6.54 Å². The van der Waals surface area contributed by atoms with E-state index in [9.17, 15) is 4.79 Å². The van der Waals surface area contributed by atoms with Crippen LogP contribution in [0.5, 0.6) is 0 Å². The fourth-order valence-corrected chi connectivity index (χ4v) is 1.41. The predicted octanol–water partition coefficient (Wildman–Crippen LogP) is 1.37. The third-order valence-corrected chi connectivity index (χ3v) is 2.02. The summed E-state index contributed by atoms with van der Waals surface area (Å²) in [5.41, 5.74) is 5.85. The van der Waals surface area contributed by atoms with Crippen molar-refractivity contribution in [1.29, 1.82) is 5.26 Å². The van der Waals surface area contributed by atoms with Crippen LogP contribution in [0.4, 0.5) is 0 Å². The average molecular weight is 211 g/mol. The first kappa shape index (κ1) is 10.5. The maximum atomic E-state index is 10.7. The molecule has 72 valence electrons. The van der Waals surface area contributed by atoms with Crippen molar-refractivity contribution in [2.24, 2.45) is 5.73 Å². The molecule has 0 bridgehead atoms. The van der Waals surface area contributed by atoms with Crippen molar-refractivity contribution < 1.29 is 9.90 Å². The maximum absolute atomic E-state index is 10.7. The number of nitriles is 1. The highest BCUT2D eigenvalue weighted by molar-refractivity contribution is 6.33. The first-order chi connectivity index (χ1) is 6.60. The van der Waals surface area contributed by atoms with Gasteiger partial charge in [0, 0.05) is 6.54 Å². The van der Waals surface area contributed by atoms with Gasteiger partial charge in [-0.05, 0) is 17.7 Å². The molecule has 0 saturated carbocycles. The molecule has 0 radical (unpaired) electrons. The lowest BCUT2D eigenvalue weighted by Gasteiger charge is -2.04. The minimum atomic E-state index is -1.21. The van der Waals surface area contributed by atoms with Crippen LogP contribution in [0.2, 0.25) is 5.02 Å². The highest BCUT2D eigenvalue weighted by atomic mass is 35.5. The third-order valence-electron chi connectivity index (χ3n) is 1.72. The van der Waals surface area contributed by atoms with E-state index >= 15 is 0 Å². The number of carbonyl (C=O) groups is 1. The minimum absolute atomic E-state index is 0.0328. The summed E-state index contributed by atoms with van der Waals surface area (Å²) in [7, 11) is 0. The molecular formula is C9H7ClN2O2. The van der Waals surface area contributed by atoms with Crippen LogP contribution in [0, 0.1) is 11.3 Å².